The van der Waals surface area contributed by atoms with E-state index < -0.39 is 11.4 Å². The van der Waals surface area contributed by atoms with Crippen molar-refractivity contribution in [1.82, 2.24) is 9.80 Å². The van der Waals surface area contributed by atoms with Gasteiger partial charge in [0.15, 0.2) is 0 Å². The van der Waals surface area contributed by atoms with E-state index in [1.807, 2.05) is 23.6 Å². The Morgan fingerprint density at radius 2 is 1.76 bits per heavy atom. The Balaban J connectivity index is 2.61. The summed E-state index contributed by atoms with van der Waals surface area (Å²) in [7, 11) is 0. The van der Waals surface area contributed by atoms with E-state index in [2.05, 4.69) is 6.92 Å². The lowest BCUT2D eigenvalue weighted by atomic mass is 9.75. The summed E-state index contributed by atoms with van der Waals surface area (Å²) >= 11 is 0. The zero-order chi connectivity index (χ0) is 15.9. The first-order chi connectivity index (χ1) is 10.0. The molecule has 1 saturated heterocycles. The van der Waals surface area contributed by atoms with Gasteiger partial charge in [0.25, 0.3) is 0 Å². The zero-order valence-electron chi connectivity index (χ0n) is 13.7. The molecule has 0 unspecified atom stereocenters. The van der Waals surface area contributed by atoms with Gasteiger partial charge in [0.1, 0.15) is 0 Å². The van der Waals surface area contributed by atoms with Crippen molar-refractivity contribution in [2.45, 2.75) is 59.3 Å². The second-order valence-electron chi connectivity index (χ2n) is 6.04. The summed E-state index contributed by atoms with van der Waals surface area (Å²) in [6.45, 7) is 8.77. The first-order valence-corrected chi connectivity index (χ1v) is 8.28. The predicted octanol–water partition coefficient (Wildman–Crippen LogP) is 3.20. The Hall–Kier alpha value is -1.26. The van der Waals surface area contributed by atoms with Gasteiger partial charge < -0.3 is 14.9 Å². The van der Waals surface area contributed by atoms with Gasteiger partial charge in [-0.1, -0.05) is 26.7 Å². The minimum atomic E-state index is -0.699. The third-order valence-corrected chi connectivity index (χ3v) is 4.61. The standard InChI is InChI=1S/C16H30N2O3/c1-4-7-11-17(6-3)15(21)18-12-9-16(8-5-2,10-13-18)14(19)20/h4-13H2,1-3H3,(H,19,20). The third-order valence-electron chi connectivity index (χ3n) is 4.61. The van der Waals surface area contributed by atoms with Crippen molar-refractivity contribution in [3.05, 3.63) is 0 Å². The van der Waals surface area contributed by atoms with Crippen LogP contribution in [-0.4, -0.2) is 53.1 Å². The van der Waals surface area contributed by atoms with E-state index in [1.165, 1.54) is 0 Å². The predicted molar refractivity (Wildman–Crippen MR) is 83.3 cm³/mol. The van der Waals surface area contributed by atoms with E-state index in [4.69, 9.17) is 0 Å². The Morgan fingerprint density at radius 1 is 1.14 bits per heavy atom. The maximum absolute atomic E-state index is 12.5. The fourth-order valence-corrected chi connectivity index (χ4v) is 3.11. The first-order valence-electron chi connectivity index (χ1n) is 8.28. The van der Waals surface area contributed by atoms with Crippen LogP contribution in [0, 0.1) is 5.41 Å². The lowest BCUT2D eigenvalue weighted by molar-refractivity contribution is -0.152. The van der Waals surface area contributed by atoms with Crippen LogP contribution in [0.5, 0.6) is 0 Å². The highest BCUT2D eigenvalue weighted by atomic mass is 16.4. The minimum absolute atomic E-state index is 0.0708. The summed E-state index contributed by atoms with van der Waals surface area (Å²) in [6.07, 6.45) is 4.82. The van der Waals surface area contributed by atoms with Crippen LogP contribution in [0.3, 0.4) is 0 Å². The van der Waals surface area contributed by atoms with Crippen LogP contribution in [-0.2, 0) is 4.79 Å². The topological polar surface area (TPSA) is 60.9 Å². The van der Waals surface area contributed by atoms with Crippen LogP contribution < -0.4 is 0 Å². The molecule has 2 amide bonds. The Morgan fingerprint density at radius 3 is 2.19 bits per heavy atom. The highest BCUT2D eigenvalue weighted by Crippen LogP contribution is 2.36. The number of carboxylic acid groups (broad SMARTS) is 1. The van der Waals surface area contributed by atoms with Crippen molar-refractivity contribution in [2.24, 2.45) is 5.41 Å². The van der Waals surface area contributed by atoms with Gasteiger partial charge in [-0.05, 0) is 32.6 Å². The molecule has 1 rings (SSSR count). The van der Waals surface area contributed by atoms with Crippen molar-refractivity contribution < 1.29 is 14.7 Å². The van der Waals surface area contributed by atoms with Crippen LogP contribution >= 0.6 is 0 Å². The summed E-state index contributed by atoms with van der Waals surface area (Å²) in [5.41, 5.74) is -0.619. The average Bonchev–Trinajstić information content (AvgIpc) is 2.48. The van der Waals surface area contributed by atoms with Crippen molar-refractivity contribution in [3.8, 4) is 0 Å². The number of rotatable bonds is 7. The summed E-state index contributed by atoms with van der Waals surface area (Å²) in [5.74, 6) is -0.699. The number of carboxylic acids is 1. The van der Waals surface area contributed by atoms with Crippen molar-refractivity contribution in [2.75, 3.05) is 26.2 Å². The fourth-order valence-electron chi connectivity index (χ4n) is 3.11. The molecule has 0 aromatic rings. The van der Waals surface area contributed by atoms with Gasteiger partial charge in [-0.15, -0.1) is 0 Å². The zero-order valence-corrected chi connectivity index (χ0v) is 13.7. The highest BCUT2D eigenvalue weighted by molar-refractivity contribution is 5.77. The SMILES string of the molecule is CCCCN(CC)C(=O)N1CCC(CCC)(C(=O)O)CC1. The molecule has 21 heavy (non-hydrogen) atoms. The van der Waals surface area contributed by atoms with E-state index in [0.717, 1.165) is 25.8 Å². The van der Waals surface area contributed by atoms with Crippen LogP contribution in [0.15, 0.2) is 0 Å². The Kier molecular flexibility index (Phi) is 6.99. The van der Waals surface area contributed by atoms with Crippen molar-refractivity contribution in [1.29, 1.82) is 0 Å². The van der Waals surface area contributed by atoms with Gasteiger partial charge in [0, 0.05) is 26.2 Å². The van der Waals surface area contributed by atoms with E-state index in [0.29, 0.717) is 38.9 Å². The summed E-state index contributed by atoms with van der Waals surface area (Å²) in [6, 6.07) is 0.0708. The van der Waals surface area contributed by atoms with Gasteiger partial charge in [0.2, 0.25) is 0 Å². The van der Waals surface area contributed by atoms with Gasteiger partial charge in [-0.3, -0.25) is 4.79 Å². The smallest absolute Gasteiger partial charge is 0.319 e. The molecule has 0 aliphatic carbocycles. The molecule has 0 aromatic carbocycles. The molecular formula is C16H30N2O3. The van der Waals surface area contributed by atoms with Gasteiger partial charge in [-0.25, -0.2) is 4.79 Å². The molecule has 1 heterocycles. The second kappa shape index (κ2) is 8.25. The summed E-state index contributed by atoms with van der Waals surface area (Å²) in [4.78, 5) is 27.7. The number of likely N-dealkylation sites (tertiary alicyclic amines) is 1. The molecule has 0 bridgehead atoms. The maximum atomic E-state index is 12.5. The van der Waals surface area contributed by atoms with Crippen molar-refractivity contribution >= 4 is 12.0 Å². The molecule has 122 valence electrons. The fraction of sp³-hybridized carbons (Fsp3) is 0.875. The van der Waals surface area contributed by atoms with Crippen LogP contribution in [0.1, 0.15) is 59.3 Å². The lowest BCUT2D eigenvalue weighted by Crippen LogP contribution is -2.51. The normalized spacial score (nSPS) is 17.6. The number of aliphatic carboxylic acids is 1. The van der Waals surface area contributed by atoms with E-state index in [-0.39, 0.29) is 6.03 Å². The number of hydrogen-bond donors (Lipinski definition) is 1. The molecule has 1 N–H and O–H groups in total. The Bertz CT molecular complexity index is 349. The highest BCUT2D eigenvalue weighted by Gasteiger charge is 2.41. The molecular weight excluding hydrogens is 268 g/mol. The number of carbonyl (C=O) groups excluding carboxylic acids is 1. The first kappa shape index (κ1) is 17.8. The third kappa shape index (κ3) is 4.35. The van der Waals surface area contributed by atoms with Crippen LogP contribution in [0.2, 0.25) is 0 Å². The number of carbonyl (C=O) groups is 2. The average molecular weight is 298 g/mol. The molecule has 0 spiro atoms. The summed E-state index contributed by atoms with van der Waals surface area (Å²) in [5, 5.41) is 9.50. The number of piperidine rings is 1. The monoisotopic (exact) mass is 298 g/mol. The van der Waals surface area contributed by atoms with Gasteiger partial charge >= 0.3 is 12.0 Å². The number of nitrogens with zero attached hydrogens (tertiary/aromatic N) is 2. The molecule has 1 aliphatic rings. The van der Waals surface area contributed by atoms with Gasteiger partial charge in [0.05, 0.1) is 5.41 Å². The second-order valence-corrected chi connectivity index (χ2v) is 6.04. The molecule has 0 saturated carbocycles. The van der Waals surface area contributed by atoms with E-state index in [1.54, 1.807) is 0 Å². The molecule has 0 radical (unpaired) electrons. The summed E-state index contributed by atoms with van der Waals surface area (Å²) < 4.78 is 0. The number of hydrogen-bond acceptors (Lipinski definition) is 2. The molecule has 1 aliphatic heterocycles. The molecule has 1 fully saturated rings. The quantitative estimate of drug-likeness (QED) is 0.785. The lowest BCUT2D eigenvalue weighted by Gasteiger charge is -2.40. The Labute approximate surface area is 128 Å². The molecule has 0 aromatic heterocycles. The largest absolute Gasteiger partial charge is 0.481 e. The minimum Gasteiger partial charge on any atom is -0.481 e. The number of unbranched alkanes of at least 4 members (excludes halogenated alkanes) is 1. The molecule has 5 nitrogen and oxygen atoms in total. The van der Waals surface area contributed by atoms with Gasteiger partial charge in [-0.2, -0.15) is 0 Å². The molecule has 0 atom stereocenters. The van der Waals surface area contributed by atoms with E-state index in [9.17, 15) is 14.7 Å². The number of amides is 2. The van der Waals surface area contributed by atoms with Crippen LogP contribution in [0.25, 0.3) is 0 Å². The number of urea groups is 1. The van der Waals surface area contributed by atoms with Crippen molar-refractivity contribution in [3.63, 3.8) is 0 Å². The van der Waals surface area contributed by atoms with E-state index >= 15 is 0 Å². The molecule has 5 heteroatoms. The van der Waals surface area contributed by atoms with Crippen LogP contribution in [0.4, 0.5) is 4.79 Å². The maximum Gasteiger partial charge on any atom is 0.319 e.